The molecular formula is C19H29ClN2O4S. The first-order valence-corrected chi connectivity index (χ1v) is 11.5. The zero-order valence-corrected chi connectivity index (χ0v) is 17.7. The van der Waals surface area contributed by atoms with Crippen LogP contribution in [0.2, 0.25) is 5.02 Å². The number of ether oxygens (including phenoxy) is 2. The molecule has 152 valence electrons. The molecule has 0 aliphatic carbocycles. The molecule has 2 saturated heterocycles. The number of benzene rings is 1. The summed E-state index contributed by atoms with van der Waals surface area (Å²) in [5, 5.41) is 0.444. The molecule has 0 amide bonds. The molecule has 2 aliphatic rings. The SMILES string of the molecule is CCOc1cc(C)c(Cl)cc1S(=O)(=O)N1CCC(CN2CCOCC2)CC1. The van der Waals surface area contributed by atoms with Crippen molar-refractivity contribution in [3.05, 3.63) is 22.7 Å². The second-order valence-electron chi connectivity index (χ2n) is 7.24. The quantitative estimate of drug-likeness (QED) is 0.713. The second kappa shape index (κ2) is 9.09. The third kappa shape index (κ3) is 4.95. The minimum absolute atomic E-state index is 0.173. The Morgan fingerprint density at radius 2 is 1.85 bits per heavy atom. The fourth-order valence-corrected chi connectivity index (χ4v) is 5.56. The highest BCUT2D eigenvalue weighted by Crippen LogP contribution is 2.34. The minimum atomic E-state index is -3.62. The molecule has 2 aliphatic heterocycles. The summed E-state index contributed by atoms with van der Waals surface area (Å²) in [6.45, 7) is 9.72. The lowest BCUT2D eigenvalue weighted by Crippen LogP contribution is -2.44. The van der Waals surface area contributed by atoms with Crippen LogP contribution in [0.4, 0.5) is 0 Å². The van der Waals surface area contributed by atoms with E-state index in [0.717, 1.165) is 51.3 Å². The summed E-state index contributed by atoms with van der Waals surface area (Å²) in [6.07, 6.45) is 1.75. The number of aryl methyl sites for hydroxylation is 1. The van der Waals surface area contributed by atoms with Crippen LogP contribution in [0.25, 0.3) is 0 Å². The second-order valence-corrected chi connectivity index (χ2v) is 9.56. The van der Waals surface area contributed by atoms with Crippen LogP contribution in [0, 0.1) is 12.8 Å². The third-order valence-corrected chi connectivity index (χ3v) is 7.66. The number of halogens is 1. The van der Waals surface area contributed by atoms with E-state index in [-0.39, 0.29) is 4.90 Å². The predicted molar refractivity (Wildman–Crippen MR) is 106 cm³/mol. The molecule has 1 aromatic rings. The molecule has 0 saturated carbocycles. The van der Waals surface area contributed by atoms with E-state index in [4.69, 9.17) is 21.1 Å². The molecule has 8 heteroatoms. The Labute approximate surface area is 167 Å². The van der Waals surface area contributed by atoms with Gasteiger partial charge in [-0.2, -0.15) is 4.31 Å². The van der Waals surface area contributed by atoms with E-state index in [1.165, 1.54) is 6.07 Å². The monoisotopic (exact) mass is 416 g/mol. The highest BCUT2D eigenvalue weighted by Gasteiger charge is 2.32. The molecule has 3 rings (SSSR count). The smallest absolute Gasteiger partial charge is 0.246 e. The maximum absolute atomic E-state index is 13.2. The van der Waals surface area contributed by atoms with Crippen molar-refractivity contribution in [3.63, 3.8) is 0 Å². The molecule has 0 bridgehead atoms. The molecule has 6 nitrogen and oxygen atoms in total. The van der Waals surface area contributed by atoms with E-state index in [1.807, 2.05) is 13.8 Å². The fourth-order valence-electron chi connectivity index (χ4n) is 3.73. The van der Waals surface area contributed by atoms with Crippen molar-refractivity contribution >= 4 is 21.6 Å². The number of nitrogens with zero attached hydrogens (tertiary/aromatic N) is 2. The Hall–Kier alpha value is -0.860. The normalized spacial score (nSPS) is 20.7. The van der Waals surface area contributed by atoms with Crippen molar-refractivity contribution in [1.29, 1.82) is 0 Å². The molecule has 0 atom stereocenters. The van der Waals surface area contributed by atoms with Crippen LogP contribution in [0.5, 0.6) is 5.75 Å². The number of morpholine rings is 1. The molecule has 2 heterocycles. The number of piperidine rings is 1. The Morgan fingerprint density at radius 1 is 1.19 bits per heavy atom. The summed E-state index contributed by atoms with van der Waals surface area (Å²) in [5.74, 6) is 0.914. The van der Waals surface area contributed by atoms with Crippen molar-refractivity contribution in [2.45, 2.75) is 31.6 Å². The van der Waals surface area contributed by atoms with E-state index in [2.05, 4.69) is 4.90 Å². The van der Waals surface area contributed by atoms with Crippen molar-refractivity contribution < 1.29 is 17.9 Å². The number of hydrogen-bond acceptors (Lipinski definition) is 5. The fraction of sp³-hybridized carbons (Fsp3) is 0.684. The van der Waals surface area contributed by atoms with E-state index >= 15 is 0 Å². The summed E-state index contributed by atoms with van der Waals surface area (Å²) in [4.78, 5) is 2.59. The largest absolute Gasteiger partial charge is 0.492 e. The molecule has 1 aromatic carbocycles. The van der Waals surface area contributed by atoms with Crippen molar-refractivity contribution in [1.82, 2.24) is 9.21 Å². The maximum Gasteiger partial charge on any atom is 0.246 e. The zero-order chi connectivity index (χ0) is 19.4. The lowest BCUT2D eigenvalue weighted by atomic mass is 9.97. The maximum atomic E-state index is 13.2. The molecule has 0 unspecified atom stereocenters. The van der Waals surface area contributed by atoms with Gasteiger partial charge < -0.3 is 9.47 Å². The summed E-state index contributed by atoms with van der Waals surface area (Å²) in [6, 6.07) is 3.24. The summed E-state index contributed by atoms with van der Waals surface area (Å²) in [5.41, 5.74) is 0.809. The van der Waals surface area contributed by atoms with Gasteiger partial charge in [-0.25, -0.2) is 8.42 Å². The summed E-state index contributed by atoms with van der Waals surface area (Å²) >= 11 is 6.21. The third-order valence-electron chi connectivity index (χ3n) is 5.34. The highest BCUT2D eigenvalue weighted by atomic mass is 35.5. The summed E-state index contributed by atoms with van der Waals surface area (Å²) in [7, 11) is -3.62. The Bertz CT molecular complexity index is 742. The van der Waals surface area contributed by atoms with Crippen LogP contribution >= 0.6 is 11.6 Å². The summed E-state index contributed by atoms with van der Waals surface area (Å²) < 4.78 is 39.0. The molecule has 27 heavy (non-hydrogen) atoms. The predicted octanol–water partition coefficient (Wildman–Crippen LogP) is 2.78. The number of hydrogen-bond donors (Lipinski definition) is 0. The van der Waals surface area contributed by atoms with E-state index in [9.17, 15) is 8.42 Å². The van der Waals surface area contributed by atoms with Gasteiger partial charge in [0, 0.05) is 37.7 Å². The first-order chi connectivity index (χ1) is 12.9. The lowest BCUT2D eigenvalue weighted by Gasteiger charge is -2.35. The zero-order valence-electron chi connectivity index (χ0n) is 16.1. The Balaban J connectivity index is 1.69. The minimum Gasteiger partial charge on any atom is -0.492 e. The average Bonchev–Trinajstić information content (AvgIpc) is 2.66. The molecule has 0 radical (unpaired) electrons. The molecule has 0 spiro atoms. The van der Waals surface area contributed by atoms with Crippen LogP contribution in [-0.2, 0) is 14.8 Å². The van der Waals surface area contributed by atoms with Gasteiger partial charge in [-0.05, 0) is 50.3 Å². The van der Waals surface area contributed by atoms with Crippen LogP contribution < -0.4 is 4.74 Å². The van der Waals surface area contributed by atoms with Crippen LogP contribution in [0.1, 0.15) is 25.3 Å². The number of rotatable bonds is 6. The highest BCUT2D eigenvalue weighted by molar-refractivity contribution is 7.89. The molecule has 2 fully saturated rings. The van der Waals surface area contributed by atoms with Crippen LogP contribution in [0.15, 0.2) is 17.0 Å². The molecule has 0 aromatic heterocycles. The van der Waals surface area contributed by atoms with Gasteiger partial charge in [0.15, 0.2) is 0 Å². The van der Waals surface area contributed by atoms with Crippen LogP contribution in [-0.4, -0.2) is 70.2 Å². The van der Waals surface area contributed by atoms with Gasteiger partial charge in [-0.1, -0.05) is 11.6 Å². The van der Waals surface area contributed by atoms with Crippen LogP contribution in [0.3, 0.4) is 0 Å². The Kier molecular flexibility index (Phi) is 7.03. The topological polar surface area (TPSA) is 59.1 Å². The van der Waals surface area contributed by atoms with Crippen molar-refractivity contribution in [2.24, 2.45) is 5.92 Å². The van der Waals surface area contributed by atoms with E-state index in [0.29, 0.717) is 36.4 Å². The lowest BCUT2D eigenvalue weighted by molar-refractivity contribution is 0.0269. The van der Waals surface area contributed by atoms with E-state index in [1.54, 1.807) is 10.4 Å². The molecule has 0 N–H and O–H groups in total. The average molecular weight is 417 g/mol. The Morgan fingerprint density at radius 3 is 2.48 bits per heavy atom. The van der Waals surface area contributed by atoms with Gasteiger partial charge in [-0.3, -0.25) is 4.90 Å². The molecular weight excluding hydrogens is 388 g/mol. The number of sulfonamides is 1. The van der Waals surface area contributed by atoms with Gasteiger partial charge in [0.05, 0.1) is 19.8 Å². The van der Waals surface area contributed by atoms with Crippen molar-refractivity contribution in [3.8, 4) is 5.75 Å². The first-order valence-electron chi connectivity index (χ1n) is 9.65. The van der Waals surface area contributed by atoms with Gasteiger partial charge in [0.2, 0.25) is 10.0 Å². The standard InChI is InChI=1S/C19H29ClN2O4S/c1-3-26-18-12-15(2)17(20)13-19(18)27(23,24)22-6-4-16(5-7-22)14-21-8-10-25-11-9-21/h12-13,16H,3-11,14H2,1-2H3. The van der Waals surface area contributed by atoms with Gasteiger partial charge in [0.1, 0.15) is 10.6 Å². The van der Waals surface area contributed by atoms with Crippen molar-refractivity contribution in [2.75, 3.05) is 52.5 Å². The van der Waals surface area contributed by atoms with Gasteiger partial charge >= 0.3 is 0 Å². The van der Waals surface area contributed by atoms with Gasteiger partial charge in [-0.15, -0.1) is 0 Å². The van der Waals surface area contributed by atoms with E-state index < -0.39 is 10.0 Å². The van der Waals surface area contributed by atoms with Gasteiger partial charge in [0.25, 0.3) is 0 Å². The first kappa shape index (κ1) is 20.9.